The third kappa shape index (κ3) is 4.78. The van der Waals surface area contributed by atoms with Crippen LogP contribution in [0, 0.1) is 6.92 Å². The first-order chi connectivity index (χ1) is 20.9. The van der Waals surface area contributed by atoms with Crippen LogP contribution >= 0.6 is 0 Å². The first kappa shape index (κ1) is 28.3. The first-order valence-electron chi connectivity index (χ1n) is 15.4. The van der Waals surface area contributed by atoms with E-state index in [1.165, 1.54) is 4.90 Å². The van der Waals surface area contributed by atoms with Gasteiger partial charge >= 0.3 is 6.03 Å². The van der Waals surface area contributed by atoms with Crippen molar-refractivity contribution >= 4 is 34.4 Å². The SMILES string of the molecule is Cc1ccc([C@H]2c3[nH]c4ccccc4c3C[C@H]3C(=O)N(c4ccc(C(=O)NC5CC(C)(C)NC(C)(C)C5)cc4)C(=O)N23)cc1. The normalized spacial score (nSPS) is 22.7. The van der Waals surface area contributed by atoms with Gasteiger partial charge in [0.2, 0.25) is 0 Å². The Balaban J connectivity index is 1.18. The molecule has 0 saturated carbocycles. The summed E-state index contributed by atoms with van der Waals surface area (Å²) in [6, 6.07) is 21.7. The summed E-state index contributed by atoms with van der Waals surface area (Å²) in [5.74, 6) is -0.407. The molecule has 3 aromatic carbocycles. The van der Waals surface area contributed by atoms with Crippen molar-refractivity contribution in [1.82, 2.24) is 20.5 Å². The van der Waals surface area contributed by atoms with Gasteiger partial charge in [-0.2, -0.15) is 0 Å². The minimum absolute atomic E-state index is 0.0398. The van der Waals surface area contributed by atoms with E-state index in [0.717, 1.165) is 46.1 Å². The zero-order chi connectivity index (χ0) is 31.0. The maximum Gasteiger partial charge on any atom is 0.332 e. The Bertz CT molecular complexity index is 1770. The molecule has 1 aromatic heterocycles. The lowest BCUT2D eigenvalue weighted by molar-refractivity contribution is -0.120. The molecule has 3 N–H and O–H groups in total. The number of rotatable bonds is 4. The van der Waals surface area contributed by atoms with Crippen molar-refractivity contribution in [3.8, 4) is 0 Å². The number of para-hydroxylation sites is 1. The lowest BCUT2D eigenvalue weighted by Gasteiger charge is -2.46. The van der Waals surface area contributed by atoms with Crippen LogP contribution in [-0.4, -0.2) is 50.9 Å². The standard InChI is InChI=1S/C36H39N5O3/c1-21-10-12-22(13-11-21)31-30-27(26-8-6-7-9-28(26)38-30)18-29-33(43)40(34(44)41(29)31)25-16-14-23(15-17-25)32(42)37-24-19-35(2,3)39-36(4,5)20-24/h6-17,24,29,31,38-39H,18-20H2,1-5H3,(H,37,42)/t29-,31-/m0/s1. The molecule has 3 aliphatic rings. The fourth-order valence-corrected chi connectivity index (χ4v) is 7.86. The van der Waals surface area contributed by atoms with Crippen LogP contribution in [0.2, 0.25) is 0 Å². The Kier molecular flexibility index (Phi) is 6.48. The Hall–Kier alpha value is -4.43. The second-order valence-electron chi connectivity index (χ2n) is 14.0. The van der Waals surface area contributed by atoms with E-state index >= 15 is 0 Å². The predicted molar refractivity (Wildman–Crippen MR) is 172 cm³/mol. The van der Waals surface area contributed by atoms with Crippen molar-refractivity contribution in [1.29, 1.82) is 0 Å². The topological polar surface area (TPSA) is 97.5 Å². The molecule has 4 heterocycles. The average Bonchev–Trinajstić information content (AvgIpc) is 3.45. The number of anilines is 1. The molecular weight excluding hydrogens is 550 g/mol. The number of benzene rings is 3. The number of fused-ring (bicyclic) bond motifs is 4. The van der Waals surface area contributed by atoms with E-state index < -0.39 is 12.1 Å². The summed E-state index contributed by atoms with van der Waals surface area (Å²) < 4.78 is 0. The van der Waals surface area contributed by atoms with Gasteiger partial charge in [-0.05, 0) is 88.9 Å². The quantitative estimate of drug-likeness (QED) is 0.255. The number of carbonyl (C=O) groups excluding carboxylic acids is 3. The number of imide groups is 1. The van der Waals surface area contributed by atoms with Crippen molar-refractivity contribution in [3.63, 3.8) is 0 Å². The molecule has 44 heavy (non-hydrogen) atoms. The highest BCUT2D eigenvalue weighted by Crippen LogP contribution is 2.45. The maximum atomic E-state index is 14.2. The van der Waals surface area contributed by atoms with Crippen LogP contribution in [0.25, 0.3) is 10.9 Å². The van der Waals surface area contributed by atoms with E-state index in [2.05, 4.69) is 49.4 Å². The van der Waals surface area contributed by atoms with Gasteiger partial charge in [-0.25, -0.2) is 9.69 Å². The molecule has 0 bridgehead atoms. The van der Waals surface area contributed by atoms with E-state index in [-0.39, 0.29) is 35.0 Å². The number of carbonyl (C=O) groups is 3. The molecule has 4 amide bonds. The molecule has 0 radical (unpaired) electrons. The number of nitrogens with zero attached hydrogens (tertiary/aromatic N) is 2. The third-order valence-electron chi connectivity index (χ3n) is 9.36. The molecule has 2 fully saturated rings. The number of H-pyrrole nitrogens is 1. The van der Waals surface area contributed by atoms with Crippen molar-refractivity contribution in [2.45, 2.75) is 83.1 Å². The second kappa shape index (κ2) is 10.1. The van der Waals surface area contributed by atoms with E-state index in [9.17, 15) is 14.4 Å². The molecule has 2 atom stereocenters. The molecule has 4 aromatic rings. The molecule has 7 rings (SSSR count). The van der Waals surface area contributed by atoms with E-state index in [4.69, 9.17) is 0 Å². The highest BCUT2D eigenvalue weighted by atomic mass is 16.2. The minimum Gasteiger partial charge on any atom is -0.356 e. The van der Waals surface area contributed by atoms with Crippen LogP contribution in [-0.2, 0) is 11.2 Å². The van der Waals surface area contributed by atoms with Gasteiger partial charge in [0.15, 0.2) is 0 Å². The minimum atomic E-state index is -0.630. The van der Waals surface area contributed by atoms with Crippen LogP contribution in [0.5, 0.6) is 0 Å². The zero-order valence-electron chi connectivity index (χ0n) is 25.9. The third-order valence-corrected chi connectivity index (χ3v) is 9.36. The van der Waals surface area contributed by atoms with Gasteiger partial charge < -0.3 is 15.6 Å². The number of urea groups is 1. The van der Waals surface area contributed by atoms with Gasteiger partial charge in [-0.3, -0.25) is 14.5 Å². The second-order valence-corrected chi connectivity index (χ2v) is 14.0. The maximum absolute atomic E-state index is 14.2. The number of aromatic nitrogens is 1. The molecule has 2 saturated heterocycles. The van der Waals surface area contributed by atoms with E-state index in [1.54, 1.807) is 29.2 Å². The van der Waals surface area contributed by atoms with Crippen molar-refractivity contribution in [2.24, 2.45) is 0 Å². The Morgan fingerprint density at radius 3 is 2.23 bits per heavy atom. The summed E-state index contributed by atoms with van der Waals surface area (Å²) in [5, 5.41) is 7.93. The molecule has 8 heteroatoms. The van der Waals surface area contributed by atoms with E-state index in [0.29, 0.717) is 17.7 Å². The Labute approximate surface area is 257 Å². The lowest BCUT2D eigenvalue weighted by Crippen LogP contribution is -2.62. The van der Waals surface area contributed by atoms with Crippen LogP contribution in [0.3, 0.4) is 0 Å². The van der Waals surface area contributed by atoms with Crippen molar-refractivity contribution < 1.29 is 14.4 Å². The number of aromatic amines is 1. The van der Waals surface area contributed by atoms with Crippen LogP contribution < -0.4 is 15.5 Å². The van der Waals surface area contributed by atoms with Crippen LogP contribution in [0.15, 0.2) is 72.8 Å². The number of amides is 4. The highest BCUT2D eigenvalue weighted by Gasteiger charge is 2.53. The molecule has 0 unspecified atom stereocenters. The van der Waals surface area contributed by atoms with Gasteiger partial charge in [-0.1, -0.05) is 48.0 Å². The monoisotopic (exact) mass is 589 g/mol. The molecular formula is C36H39N5O3. The summed E-state index contributed by atoms with van der Waals surface area (Å²) in [6.07, 6.45) is 2.09. The Morgan fingerprint density at radius 1 is 0.886 bits per heavy atom. The number of aryl methyl sites for hydroxylation is 1. The lowest BCUT2D eigenvalue weighted by atomic mass is 9.79. The summed E-state index contributed by atoms with van der Waals surface area (Å²) in [6.45, 7) is 10.7. The number of hydrogen-bond acceptors (Lipinski definition) is 4. The summed E-state index contributed by atoms with van der Waals surface area (Å²) >= 11 is 0. The molecule has 226 valence electrons. The van der Waals surface area contributed by atoms with Crippen molar-refractivity contribution in [3.05, 3.63) is 101 Å². The number of piperidine rings is 1. The predicted octanol–water partition coefficient (Wildman–Crippen LogP) is 6.00. The molecule has 8 nitrogen and oxygen atoms in total. The largest absolute Gasteiger partial charge is 0.356 e. The average molecular weight is 590 g/mol. The highest BCUT2D eigenvalue weighted by molar-refractivity contribution is 6.22. The van der Waals surface area contributed by atoms with Gasteiger partial charge in [0.05, 0.1) is 5.69 Å². The molecule has 3 aliphatic heterocycles. The number of nitrogens with one attached hydrogen (secondary N) is 3. The fraction of sp³-hybridized carbons (Fsp3) is 0.361. The summed E-state index contributed by atoms with van der Waals surface area (Å²) in [7, 11) is 0. The van der Waals surface area contributed by atoms with Gasteiger partial charge in [0, 0.05) is 45.7 Å². The van der Waals surface area contributed by atoms with Gasteiger partial charge in [-0.15, -0.1) is 0 Å². The summed E-state index contributed by atoms with van der Waals surface area (Å²) in [4.78, 5) is 48.0. The number of hydrogen-bond donors (Lipinski definition) is 3. The van der Waals surface area contributed by atoms with Crippen LogP contribution in [0.1, 0.15) is 79.3 Å². The Morgan fingerprint density at radius 2 is 1.55 bits per heavy atom. The van der Waals surface area contributed by atoms with Gasteiger partial charge in [0.1, 0.15) is 12.1 Å². The molecule has 0 aliphatic carbocycles. The van der Waals surface area contributed by atoms with Gasteiger partial charge in [0.25, 0.3) is 11.8 Å². The first-order valence-corrected chi connectivity index (χ1v) is 15.4. The smallest absolute Gasteiger partial charge is 0.332 e. The van der Waals surface area contributed by atoms with Crippen LogP contribution in [0.4, 0.5) is 10.5 Å². The van der Waals surface area contributed by atoms with E-state index in [1.807, 2.05) is 49.4 Å². The molecule has 0 spiro atoms. The fourth-order valence-electron chi connectivity index (χ4n) is 7.86. The van der Waals surface area contributed by atoms with Crippen molar-refractivity contribution in [2.75, 3.05) is 4.90 Å². The zero-order valence-corrected chi connectivity index (χ0v) is 25.9. The summed E-state index contributed by atoms with van der Waals surface area (Å²) in [5.41, 5.74) is 5.89.